The van der Waals surface area contributed by atoms with Gasteiger partial charge in [-0.15, -0.1) is 0 Å². The van der Waals surface area contributed by atoms with E-state index in [0.29, 0.717) is 11.0 Å². The summed E-state index contributed by atoms with van der Waals surface area (Å²) < 4.78 is 5.06. The molecule has 0 radical (unpaired) electrons. The van der Waals surface area contributed by atoms with Crippen LogP contribution in [0.3, 0.4) is 0 Å². The Morgan fingerprint density at radius 3 is 2.82 bits per heavy atom. The molecule has 0 aliphatic heterocycles. The predicted octanol–water partition coefficient (Wildman–Crippen LogP) is 1.79. The van der Waals surface area contributed by atoms with Crippen molar-refractivity contribution >= 4 is 11.0 Å². The zero-order chi connectivity index (χ0) is 7.68. The molecule has 2 nitrogen and oxygen atoms in total. The molecular formula is C9H6O2. The third-order valence-electron chi connectivity index (χ3n) is 1.57. The molecule has 1 aromatic heterocycles. The van der Waals surface area contributed by atoms with Crippen molar-refractivity contribution < 1.29 is 4.42 Å². The first-order valence-electron chi connectivity index (χ1n) is 3.34. The summed E-state index contributed by atoms with van der Waals surface area (Å²) >= 11 is 0. The van der Waals surface area contributed by atoms with Gasteiger partial charge in [0, 0.05) is 0 Å². The minimum atomic E-state index is -0.00116. The maximum Gasteiger partial charge on any atom is 0.189 e. The fourth-order valence-corrected chi connectivity index (χ4v) is 1.03. The Kier molecular flexibility index (Phi) is 1.25. The van der Waals surface area contributed by atoms with Crippen molar-refractivity contribution in [1.82, 2.24) is 0 Å². The summed E-state index contributed by atoms with van der Waals surface area (Å²) in [5.74, 6) is 0. The highest BCUT2D eigenvalue weighted by Gasteiger charge is 1.95. The molecule has 0 N–H and O–H groups in total. The monoisotopic (exact) mass is 146 g/mol. The molecule has 0 aliphatic rings. The number of fused-ring (bicyclic) bond motifs is 1. The van der Waals surface area contributed by atoms with Crippen LogP contribution in [0.15, 0.2) is 45.8 Å². The molecule has 2 heteroatoms. The number of furan rings is 1. The second-order valence-corrected chi connectivity index (χ2v) is 2.28. The Labute approximate surface area is 63.1 Å². The molecule has 0 aliphatic carbocycles. The largest absolute Gasteiger partial charge is 0.464 e. The lowest BCUT2D eigenvalue weighted by molar-refractivity contribution is 0.616. The Hall–Kier alpha value is -1.57. The molecular weight excluding hydrogens is 140 g/mol. The van der Waals surface area contributed by atoms with Crippen molar-refractivity contribution in [2.75, 3.05) is 0 Å². The van der Waals surface area contributed by atoms with E-state index in [4.69, 9.17) is 4.42 Å². The van der Waals surface area contributed by atoms with Crippen LogP contribution in [0.1, 0.15) is 0 Å². The fraction of sp³-hybridized carbons (Fsp3) is 0. The minimum Gasteiger partial charge on any atom is -0.464 e. The van der Waals surface area contributed by atoms with Gasteiger partial charge in [-0.05, 0) is 18.2 Å². The lowest BCUT2D eigenvalue weighted by Crippen LogP contribution is -1.91. The molecule has 2 aromatic rings. The van der Waals surface area contributed by atoms with E-state index in [1.807, 2.05) is 0 Å². The summed E-state index contributed by atoms with van der Waals surface area (Å²) in [6, 6.07) is 8.47. The van der Waals surface area contributed by atoms with Gasteiger partial charge in [0.05, 0.1) is 11.6 Å². The molecule has 0 fully saturated rings. The zero-order valence-electron chi connectivity index (χ0n) is 5.78. The first-order valence-corrected chi connectivity index (χ1v) is 3.34. The van der Waals surface area contributed by atoms with Crippen LogP contribution in [0.25, 0.3) is 11.0 Å². The molecule has 0 bridgehead atoms. The van der Waals surface area contributed by atoms with Gasteiger partial charge in [0.15, 0.2) is 5.43 Å². The van der Waals surface area contributed by atoms with Crippen LogP contribution in [-0.2, 0) is 0 Å². The summed E-state index contributed by atoms with van der Waals surface area (Å²) in [6.07, 6.45) is 1.52. The van der Waals surface area contributed by atoms with Crippen molar-refractivity contribution in [3.05, 3.63) is 46.8 Å². The molecule has 11 heavy (non-hydrogen) atoms. The average Bonchev–Trinajstić information content (AvgIpc) is 2.40. The van der Waals surface area contributed by atoms with Crippen molar-refractivity contribution in [3.8, 4) is 0 Å². The van der Waals surface area contributed by atoms with E-state index in [1.165, 1.54) is 12.3 Å². The van der Waals surface area contributed by atoms with Gasteiger partial charge in [-0.25, -0.2) is 0 Å². The van der Waals surface area contributed by atoms with Crippen LogP contribution in [0.5, 0.6) is 0 Å². The lowest BCUT2D eigenvalue weighted by atomic mass is 10.3. The molecule has 2 rings (SSSR count). The zero-order valence-corrected chi connectivity index (χ0v) is 5.78. The smallest absolute Gasteiger partial charge is 0.189 e. The van der Waals surface area contributed by atoms with Gasteiger partial charge in [-0.3, -0.25) is 4.79 Å². The van der Waals surface area contributed by atoms with Crippen LogP contribution in [0, 0.1) is 0 Å². The highest BCUT2D eigenvalue weighted by atomic mass is 16.3. The first-order chi connectivity index (χ1) is 5.38. The van der Waals surface area contributed by atoms with Crippen molar-refractivity contribution in [2.24, 2.45) is 0 Å². The van der Waals surface area contributed by atoms with Gasteiger partial charge in [0.2, 0.25) is 0 Å². The van der Waals surface area contributed by atoms with Gasteiger partial charge in [-0.2, -0.15) is 0 Å². The summed E-state index contributed by atoms with van der Waals surface area (Å²) in [5.41, 5.74) is 0.638. The Balaban J connectivity index is 3.09. The van der Waals surface area contributed by atoms with E-state index >= 15 is 0 Å². The van der Waals surface area contributed by atoms with E-state index in [0.717, 1.165) is 0 Å². The van der Waals surface area contributed by atoms with Gasteiger partial charge in [-0.1, -0.05) is 12.1 Å². The predicted molar refractivity (Wildman–Crippen MR) is 42.5 cm³/mol. The van der Waals surface area contributed by atoms with E-state index in [-0.39, 0.29) is 5.43 Å². The van der Waals surface area contributed by atoms with Gasteiger partial charge in [0.1, 0.15) is 5.58 Å². The van der Waals surface area contributed by atoms with Gasteiger partial charge in [0.25, 0.3) is 0 Å². The van der Waals surface area contributed by atoms with E-state index in [2.05, 4.69) is 0 Å². The normalized spacial score (nSPS) is 10.2. The molecule has 0 amide bonds. The van der Waals surface area contributed by atoms with E-state index in [9.17, 15) is 4.79 Å². The van der Waals surface area contributed by atoms with Crippen molar-refractivity contribution in [1.29, 1.82) is 0 Å². The van der Waals surface area contributed by atoms with Crippen LogP contribution in [0.4, 0.5) is 0 Å². The maximum absolute atomic E-state index is 11.2. The van der Waals surface area contributed by atoms with Crippen LogP contribution < -0.4 is 5.43 Å². The van der Waals surface area contributed by atoms with E-state index in [1.54, 1.807) is 24.3 Å². The number of hydrogen-bond acceptors (Lipinski definition) is 2. The van der Waals surface area contributed by atoms with Gasteiger partial charge < -0.3 is 4.42 Å². The molecule has 0 saturated carbocycles. The van der Waals surface area contributed by atoms with Crippen LogP contribution in [0.2, 0.25) is 0 Å². The third-order valence-corrected chi connectivity index (χ3v) is 1.57. The highest BCUT2D eigenvalue weighted by molar-refractivity contribution is 5.75. The second-order valence-electron chi connectivity index (χ2n) is 2.28. The second kappa shape index (κ2) is 2.23. The quantitative estimate of drug-likeness (QED) is 0.567. The SMILES string of the molecule is O=c1ccccc2occc12. The first kappa shape index (κ1) is 6.16. The fourth-order valence-electron chi connectivity index (χ4n) is 1.03. The Morgan fingerprint density at radius 1 is 1.09 bits per heavy atom. The van der Waals surface area contributed by atoms with Crippen molar-refractivity contribution in [3.63, 3.8) is 0 Å². The molecule has 0 saturated heterocycles. The highest BCUT2D eigenvalue weighted by Crippen LogP contribution is 2.07. The molecule has 1 heterocycles. The minimum absolute atomic E-state index is 0.00116. The van der Waals surface area contributed by atoms with Gasteiger partial charge >= 0.3 is 0 Å². The molecule has 1 aromatic carbocycles. The molecule has 0 unspecified atom stereocenters. The topological polar surface area (TPSA) is 30.2 Å². The Bertz CT molecular complexity index is 429. The molecule has 0 atom stereocenters. The van der Waals surface area contributed by atoms with E-state index < -0.39 is 0 Å². The molecule has 0 spiro atoms. The summed E-state index contributed by atoms with van der Waals surface area (Å²) in [6.45, 7) is 0. The van der Waals surface area contributed by atoms with Crippen LogP contribution >= 0.6 is 0 Å². The molecule has 54 valence electrons. The standard InChI is InChI=1S/C9H6O2/c10-8-3-1-2-4-9-7(8)5-6-11-9/h1-6H. The Morgan fingerprint density at radius 2 is 1.91 bits per heavy atom. The van der Waals surface area contributed by atoms with Crippen LogP contribution in [-0.4, -0.2) is 0 Å². The summed E-state index contributed by atoms with van der Waals surface area (Å²) in [5, 5.41) is 0.634. The maximum atomic E-state index is 11.2. The summed E-state index contributed by atoms with van der Waals surface area (Å²) in [4.78, 5) is 11.2. The lowest BCUT2D eigenvalue weighted by Gasteiger charge is -1.73. The number of rotatable bonds is 0. The van der Waals surface area contributed by atoms with Crippen molar-refractivity contribution in [2.45, 2.75) is 0 Å². The number of hydrogen-bond donors (Lipinski definition) is 0. The average molecular weight is 146 g/mol. The third kappa shape index (κ3) is 0.923. The summed E-state index contributed by atoms with van der Waals surface area (Å²) in [7, 11) is 0.